The van der Waals surface area contributed by atoms with Gasteiger partial charge in [-0.05, 0) is 0 Å². The second-order valence-electron chi connectivity index (χ2n) is 0.238. The van der Waals surface area contributed by atoms with Gasteiger partial charge in [-0.3, -0.25) is 0 Å². The van der Waals surface area contributed by atoms with Gasteiger partial charge in [0.15, 0.2) is 0 Å². The summed E-state index contributed by atoms with van der Waals surface area (Å²) < 4.78 is 0. The van der Waals surface area contributed by atoms with Crippen LogP contribution in [0.4, 0.5) is 0 Å². The van der Waals surface area contributed by atoms with Gasteiger partial charge >= 0.3 is 0 Å². The molecule has 0 saturated heterocycles. The van der Waals surface area contributed by atoms with Crippen molar-refractivity contribution in [2.75, 3.05) is 0 Å². The van der Waals surface area contributed by atoms with Crippen molar-refractivity contribution in [3.63, 3.8) is 0 Å². The fraction of sp³-hybridized carbons (Fsp3) is 0. The van der Waals surface area contributed by atoms with E-state index in [2.05, 4.69) is 0 Å². The van der Waals surface area contributed by atoms with E-state index in [0.717, 1.165) is 0 Å². The van der Waals surface area contributed by atoms with Crippen LogP contribution in [-0.2, 0) is 19.8 Å². The zero-order valence-corrected chi connectivity index (χ0v) is 4.60. The van der Waals surface area contributed by atoms with Crippen LogP contribution in [0.5, 0.6) is 0 Å². The van der Waals surface area contributed by atoms with Crippen LogP contribution in [0.15, 0.2) is 0 Å². The quantitative estimate of drug-likeness (QED) is 0.474. The van der Waals surface area contributed by atoms with Crippen LogP contribution in [0.25, 0.3) is 0 Å². The molecule has 5 heavy (non-hydrogen) atoms. The van der Waals surface area contributed by atoms with Crippen molar-refractivity contribution in [1.29, 1.82) is 0 Å². The molecule has 0 spiro atoms. The maximum Gasteiger partial charge on any atom is 0.291 e. The molecule has 1 N–H and O–H groups in total. The molecule has 0 bridgehead atoms. The summed E-state index contributed by atoms with van der Waals surface area (Å²) in [6, 6.07) is 0. The fourth-order valence-electron chi connectivity index (χ4n) is 0. The van der Waals surface area contributed by atoms with Gasteiger partial charge in [0.05, 0.1) is 0 Å². The molecule has 0 rings (SSSR count). The van der Waals surface area contributed by atoms with Crippen LogP contribution in [0.2, 0.25) is 0 Å². The Balaban J connectivity index is 0. The van der Waals surface area contributed by atoms with E-state index in [1.807, 2.05) is 0 Å². The Kier molecular flexibility index (Phi) is 6.79. The molecule has 0 unspecified atom stereocenters. The van der Waals surface area contributed by atoms with E-state index in [0.29, 0.717) is 0 Å². The zero-order chi connectivity index (χ0) is 3.58. The monoisotopic (exact) mass is 255 g/mol. The first-order chi connectivity index (χ1) is 1.73. The number of hydrogen-bond donors (Lipinski definition) is 1. The average Bonchev–Trinajstić information content (AvgIpc) is 0.811. The predicted octanol–water partition coefficient (Wildman–Crippen LogP) is -0.350. The molecule has 32 valence electrons. The second kappa shape index (κ2) is 3.84. The Hall–Kier alpha value is -0.164. The standard InChI is InChI=1S/HNO3.Os/c2-1(3)4;/h(H,2,3,4);. The summed E-state index contributed by atoms with van der Waals surface area (Å²) in [7, 11) is 0. The van der Waals surface area contributed by atoms with Crippen molar-refractivity contribution >= 4 is 0 Å². The Morgan fingerprint density at radius 1 is 1.80 bits per heavy atom. The normalized spacial score (nSPS) is 4.80. The van der Waals surface area contributed by atoms with Gasteiger partial charge in [-0.2, -0.15) is 0 Å². The molecular weight excluding hydrogens is 252 g/mol. The summed E-state index contributed by atoms with van der Waals surface area (Å²) in [5.74, 6) is 0. The molecule has 0 aliphatic carbocycles. The number of nitrogens with zero attached hydrogens (tertiary/aromatic N) is 1. The Morgan fingerprint density at radius 2 is 1.80 bits per heavy atom. The fourth-order valence-corrected chi connectivity index (χ4v) is 0. The van der Waals surface area contributed by atoms with E-state index in [1.165, 1.54) is 0 Å². The predicted molar refractivity (Wildman–Crippen MR) is 8.78 cm³/mol. The van der Waals surface area contributed by atoms with Crippen molar-refractivity contribution in [1.82, 2.24) is 0 Å². The Bertz CT molecular complexity index is 29.9. The average molecular weight is 253 g/mol. The van der Waals surface area contributed by atoms with Crippen molar-refractivity contribution < 1.29 is 30.1 Å². The zero-order valence-electron chi connectivity index (χ0n) is 2.06. The Morgan fingerprint density at radius 3 is 1.80 bits per heavy atom. The van der Waals surface area contributed by atoms with Crippen LogP contribution in [0.1, 0.15) is 0 Å². The summed E-state index contributed by atoms with van der Waals surface area (Å²) in [5, 5.41) is 13.6. The molecule has 0 fully saturated rings. The van der Waals surface area contributed by atoms with Gasteiger partial charge in [0, 0.05) is 19.8 Å². The first kappa shape index (κ1) is 8.85. The molecule has 0 aromatic rings. The van der Waals surface area contributed by atoms with E-state index in [-0.39, 0.29) is 19.8 Å². The maximum absolute atomic E-state index is 8.36. The second-order valence-corrected chi connectivity index (χ2v) is 0.238. The molecule has 4 nitrogen and oxygen atoms in total. The SMILES string of the molecule is O=[N+]([O-])O.[Os]. The minimum atomic E-state index is -1.50. The van der Waals surface area contributed by atoms with Gasteiger partial charge in [-0.25, -0.2) is 0 Å². The van der Waals surface area contributed by atoms with Crippen molar-refractivity contribution in [3.05, 3.63) is 10.1 Å². The molecule has 0 aromatic carbocycles. The minimum absolute atomic E-state index is 0. The summed E-state index contributed by atoms with van der Waals surface area (Å²) in [5.41, 5.74) is 0. The molecule has 0 heterocycles. The molecule has 0 saturated carbocycles. The van der Waals surface area contributed by atoms with E-state index >= 15 is 0 Å². The van der Waals surface area contributed by atoms with E-state index in [4.69, 9.17) is 15.3 Å². The van der Waals surface area contributed by atoms with Crippen LogP contribution < -0.4 is 0 Å². The molecule has 0 radical (unpaired) electrons. The van der Waals surface area contributed by atoms with Gasteiger partial charge in [0.1, 0.15) is 0 Å². The van der Waals surface area contributed by atoms with Gasteiger partial charge in [0.2, 0.25) is 0 Å². The van der Waals surface area contributed by atoms with Gasteiger partial charge in [0.25, 0.3) is 5.09 Å². The van der Waals surface area contributed by atoms with Gasteiger partial charge in [-0.15, -0.1) is 10.1 Å². The van der Waals surface area contributed by atoms with Crippen LogP contribution in [-0.4, -0.2) is 10.3 Å². The maximum atomic E-state index is 8.36. The van der Waals surface area contributed by atoms with E-state index in [1.54, 1.807) is 0 Å². The molecule has 0 aliphatic rings. The van der Waals surface area contributed by atoms with Gasteiger partial charge in [-0.1, -0.05) is 0 Å². The Labute approximate surface area is 41.0 Å². The topological polar surface area (TPSA) is 63.4 Å². The smallest absolute Gasteiger partial charge is 0.291 e. The van der Waals surface area contributed by atoms with Crippen molar-refractivity contribution in [2.45, 2.75) is 0 Å². The van der Waals surface area contributed by atoms with E-state index in [9.17, 15) is 0 Å². The number of hydrogen-bond acceptors (Lipinski definition) is 2. The van der Waals surface area contributed by atoms with Gasteiger partial charge < -0.3 is 5.21 Å². The molecule has 0 aliphatic heterocycles. The first-order valence-electron chi connectivity index (χ1n) is 0.565. The van der Waals surface area contributed by atoms with Crippen molar-refractivity contribution in [2.24, 2.45) is 0 Å². The first-order valence-corrected chi connectivity index (χ1v) is 0.565. The summed E-state index contributed by atoms with van der Waals surface area (Å²) in [6.45, 7) is 0. The molecule has 0 atom stereocenters. The van der Waals surface area contributed by atoms with Crippen LogP contribution >= 0.6 is 0 Å². The molecule has 5 heteroatoms. The van der Waals surface area contributed by atoms with Crippen LogP contribution in [0, 0.1) is 10.1 Å². The summed E-state index contributed by atoms with van der Waals surface area (Å²) in [4.78, 5) is 8.36. The third-order valence-electron chi connectivity index (χ3n) is 0. The minimum Gasteiger partial charge on any atom is -0.328 e. The third-order valence-corrected chi connectivity index (χ3v) is 0. The van der Waals surface area contributed by atoms with E-state index < -0.39 is 5.09 Å². The van der Waals surface area contributed by atoms with Crippen molar-refractivity contribution in [3.8, 4) is 0 Å². The molecular formula is HNO3Os. The number of rotatable bonds is 0. The molecule has 0 amide bonds. The van der Waals surface area contributed by atoms with Crippen LogP contribution in [0.3, 0.4) is 0 Å². The summed E-state index contributed by atoms with van der Waals surface area (Å²) in [6.07, 6.45) is 0. The largest absolute Gasteiger partial charge is 0.328 e. The molecule has 0 aromatic heterocycles. The third kappa shape index (κ3) is 483. The summed E-state index contributed by atoms with van der Waals surface area (Å²) >= 11 is 0.